The lowest BCUT2D eigenvalue weighted by Gasteiger charge is -2.22. The lowest BCUT2D eigenvalue weighted by Crippen LogP contribution is -2.33. The molecule has 0 saturated heterocycles. The highest BCUT2D eigenvalue weighted by Crippen LogP contribution is 2.20. The Morgan fingerprint density at radius 2 is 1.95 bits per heavy atom. The molecule has 0 aliphatic rings. The molecule has 21 heavy (non-hydrogen) atoms. The van der Waals surface area contributed by atoms with Gasteiger partial charge in [-0.15, -0.1) is 0 Å². The monoisotopic (exact) mass is 315 g/mol. The largest absolute Gasteiger partial charge is 0.352 e. The molecule has 0 radical (unpaired) electrons. The summed E-state index contributed by atoms with van der Waals surface area (Å²) in [6.07, 6.45) is 3.66. The second kappa shape index (κ2) is 7.42. The topological polar surface area (TPSA) is 63.1 Å². The third-order valence-corrected chi connectivity index (χ3v) is 5.19. The molecular formula is C15H29N3O2S. The van der Waals surface area contributed by atoms with Crippen LogP contribution in [0.2, 0.25) is 0 Å². The predicted molar refractivity (Wildman–Crippen MR) is 86.7 cm³/mol. The van der Waals surface area contributed by atoms with Gasteiger partial charge in [0.1, 0.15) is 0 Å². The normalized spacial score (nSPS) is 12.8. The minimum atomic E-state index is -3.43. The molecular weight excluding hydrogens is 286 g/mol. The Morgan fingerprint density at radius 1 is 1.29 bits per heavy atom. The van der Waals surface area contributed by atoms with Crippen molar-refractivity contribution in [2.75, 3.05) is 13.1 Å². The fraction of sp³-hybridized carbons (Fsp3) is 0.733. The van der Waals surface area contributed by atoms with E-state index < -0.39 is 10.0 Å². The van der Waals surface area contributed by atoms with Gasteiger partial charge in [-0.25, -0.2) is 13.1 Å². The summed E-state index contributed by atoms with van der Waals surface area (Å²) < 4.78 is 29.3. The zero-order chi connectivity index (χ0) is 16.1. The van der Waals surface area contributed by atoms with Crippen molar-refractivity contribution < 1.29 is 8.42 Å². The Balaban J connectivity index is 2.77. The maximum atomic E-state index is 12.3. The summed E-state index contributed by atoms with van der Waals surface area (Å²) in [5.41, 5.74) is 0.937. The summed E-state index contributed by atoms with van der Waals surface area (Å²) in [4.78, 5) is 0.338. The van der Waals surface area contributed by atoms with Crippen molar-refractivity contribution in [2.24, 2.45) is 12.5 Å². The van der Waals surface area contributed by atoms with E-state index in [0.29, 0.717) is 18.0 Å². The van der Waals surface area contributed by atoms with E-state index in [1.165, 1.54) is 0 Å². The summed E-state index contributed by atoms with van der Waals surface area (Å²) in [6.45, 7) is 10.3. The quantitative estimate of drug-likeness (QED) is 0.687. The van der Waals surface area contributed by atoms with E-state index in [1.807, 2.05) is 11.6 Å². The Bertz CT molecular complexity index is 547. The molecule has 1 aromatic heterocycles. The Kier molecular flexibility index (Phi) is 6.43. The average Bonchev–Trinajstić information content (AvgIpc) is 2.80. The van der Waals surface area contributed by atoms with E-state index in [9.17, 15) is 8.42 Å². The van der Waals surface area contributed by atoms with Gasteiger partial charge in [-0.05, 0) is 30.9 Å². The fourth-order valence-corrected chi connectivity index (χ4v) is 3.13. The molecule has 1 rings (SSSR count). The van der Waals surface area contributed by atoms with E-state index in [2.05, 4.69) is 37.7 Å². The number of rotatable bonds is 9. The van der Waals surface area contributed by atoms with Gasteiger partial charge in [0.15, 0.2) is 0 Å². The first-order chi connectivity index (χ1) is 9.72. The van der Waals surface area contributed by atoms with Gasteiger partial charge in [0.25, 0.3) is 0 Å². The summed E-state index contributed by atoms with van der Waals surface area (Å²) in [5, 5.41) is 3.29. The molecule has 1 heterocycles. The minimum Gasteiger partial charge on any atom is -0.352 e. The van der Waals surface area contributed by atoms with Crippen LogP contribution in [0, 0.1) is 5.41 Å². The molecule has 0 unspecified atom stereocenters. The second-order valence-corrected chi connectivity index (χ2v) is 8.06. The van der Waals surface area contributed by atoms with Crippen LogP contribution in [0.1, 0.15) is 46.2 Å². The van der Waals surface area contributed by atoms with E-state index in [1.54, 1.807) is 12.3 Å². The summed E-state index contributed by atoms with van der Waals surface area (Å²) in [7, 11) is -1.56. The van der Waals surface area contributed by atoms with Crippen molar-refractivity contribution >= 4 is 10.0 Å². The predicted octanol–water partition coefficient (Wildman–Crippen LogP) is 2.24. The van der Waals surface area contributed by atoms with Crippen molar-refractivity contribution in [3.8, 4) is 0 Å². The van der Waals surface area contributed by atoms with Crippen molar-refractivity contribution in [1.82, 2.24) is 14.6 Å². The maximum absolute atomic E-state index is 12.3. The van der Waals surface area contributed by atoms with Crippen LogP contribution in [0.5, 0.6) is 0 Å². The summed E-state index contributed by atoms with van der Waals surface area (Å²) in [6, 6.07) is 1.74. The average molecular weight is 315 g/mol. The van der Waals surface area contributed by atoms with Crippen LogP contribution in [-0.4, -0.2) is 26.1 Å². The molecule has 1 aromatic rings. The summed E-state index contributed by atoms with van der Waals surface area (Å²) >= 11 is 0. The first-order valence-electron chi connectivity index (χ1n) is 7.57. The Hall–Kier alpha value is -0.850. The van der Waals surface area contributed by atoms with Gasteiger partial charge >= 0.3 is 0 Å². The standard InChI is InChI=1S/C15H29N3O2S/c1-6-8-16-10-13-9-14(11-18(13)5)21(19,20)17-12-15(3,4)7-2/h9,11,16-17H,6-8,10,12H2,1-5H3. The van der Waals surface area contributed by atoms with Crippen LogP contribution in [0.3, 0.4) is 0 Å². The van der Waals surface area contributed by atoms with Gasteiger partial charge in [-0.1, -0.05) is 27.7 Å². The molecule has 0 aliphatic heterocycles. The van der Waals surface area contributed by atoms with Crippen LogP contribution >= 0.6 is 0 Å². The summed E-state index contributed by atoms with van der Waals surface area (Å²) in [5.74, 6) is 0. The van der Waals surface area contributed by atoms with Crippen LogP contribution in [0.25, 0.3) is 0 Å². The van der Waals surface area contributed by atoms with E-state index in [-0.39, 0.29) is 5.41 Å². The van der Waals surface area contributed by atoms with Crippen molar-refractivity contribution in [3.63, 3.8) is 0 Å². The van der Waals surface area contributed by atoms with Crippen molar-refractivity contribution in [3.05, 3.63) is 18.0 Å². The molecule has 2 N–H and O–H groups in total. The SMILES string of the molecule is CCCNCc1cc(S(=O)(=O)NCC(C)(C)CC)cn1C. The van der Waals surface area contributed by atoms with Gasteiger partial charge in [-0.3, -0.25) is 0 Å². The van der Waals surface area contributed by atoms with Crippen molar-refractivity contribution in [2.45, 2.75) is 52.0 Å². The molecule has 0 fully saturated rings. The highest BCUT2D eigenvalue weighted by Gasteiger charge is 2.22. The number of nitrogens with zero attached hydrogens (tertiary/aromatic N) is 1. The number of aryl methyl sites for hydroxylation is 1. The number of nitrogens with one attached hydrogen (secondary N) is 2. The van der Waals surface area contributed by atoms with Crippen LogP contribution in [0.4, 0.5) is 0 Å². The van der Waals surface area contributed by atoms with Gasteiger partial charge < -0.3 is 9.88 Å². The molecule has 0 amide bonds. The minimum absolute atomic E-state index is 0.0344. The zero-order valence-corrected chi connectivity index (χ0v) is 14.7. The first kappa shape index (κ1) is 18.2. The molecule has 6 heteroatoms. The number of sulfonamides is 1. The maximum Gasteiger partial charge on any atom is 0.242 e. The molecule has 0 bridgehead atoms. The molecule has 0 aliphatic carbocycles. The fourth-order valence-electron chi connectivity index (χ4n) is 1.79. The molecule has 0 saturated carbocycles. The number of hydrogen-bond donors (Lipinski definition) is 2. The van der Waals surface area contributed by atoms with Crippen LogP contribution in [-0.2, 0) is 23.6 Å². The Morgan fingerprint density at radius 3 is 2.52 bits per heavy atom. The smallest absolute Gasteiger partial charge is 0.242 e. The second-order valence-electron chi connectivity index (χ2n) is 6.30. The highest BCUT2D eigenvalue weighted by molar-refractivity contribution is 7.89. The van der Waals surface area contributed by atoms with Gasteiger partial charge in [0, 0.05) is 32.0 Å². The third kappa shape index (κ3) is 5.45. The lowest BCUT2D eigenvalue weighted by atomic mass is 9.91. The van der Waals surface area contributed by atoms with Crippen LogP contribution < -0.4 is 10.0 Å². The van der Waals surface area contributed by atoms with Gasteiger partial charge in [-0.2, -0.15) is 0 Å². The third-order valence-electron chi connectivity index (χ3n) is 3.82. The molecule has 0 atom stereocenters. The van der Waals surface area contributed by atoms with E-state index in [0.717, 1.165) is 25.1 Å². The lowest BCUT2D eigenvalue weighted by molar-refractivity contribution is 0.350. The van der Waals surface area contributed by atoms with E-state index in [4.69, 9.17) is 0 Å². The molecule has 5 nitrogen and oxygen atoms in total. The van der Waals surface area contributed by atoms with Gasteiger partial charge in [0.05, 0.1) is 4.90 Å². The zero-order valence-electron chi connectivity index (χ0n) is 13.9. The number of aromatic nitrogens is 1. The number of hydrogen-bond acceptors (Lipinski definition) is 3. The molecule has 122 valence electrons. The Labute approximate surface area is 129 Å². The molecule has 0 aromatic carbocycles. The van der Waals surface area contributed by atoms with E-state index >= 15 is 0 Å². The molecule has 0 spiro atoms. The van der Waals surface area contributed by atoms with Crippen molar-refractivity contribution in [1.29, 1.82) is 0 Å². The van der Waals surface area contributed by atoms with Gasteiger partial charge in [0.2, 0.25) is 10.0 Å². The highest BCUT2D eigenvalue weighted by atomic mass is 32.2. The van der Waals surface area contributed by atoms with Crippen LogP contribution in [0.15, 0.2) is 17.2 Å². The first-order valence-corrected chi connectivity index (χ1v) is 9.06.